The van der Waals surface area contributed by atoms with E-state index in [1.807, 2.05) is 12.1 Å². The molecule has 0 aliphatic carbocycles. The van der Waals surface area contributed by atoms with E-state index in [-0.39, 0.29) is 12.5 Å². The SMILES string of the molecule is CNC(=O)C(Cc1ccc(OCC(O)c2ccccc2Cl)cc1)SC=O. The Morgan fingerprint density at radius 1 is 1.27 bits per heavy atom. The lowest BCUT2D eigenvalue weighted by molar-refractivity contribution is -0.120. The number of carbonyl (C=O) groups is 2. The van der Waals surface area contributed by atoms with E-state index in [4.69, 9.17) is 16.3 Å². The topological polar surface area (TPSA) is 75.6 Å². The third-order valence-corrected chi connectivity index (χ3v) is 4.94. The summed E-state index contributed by atoms with van der Waals surface area (Å²) in [5.74, 6) is 0.407. The van der Waals surface area contributed by atoms with Gasteiger partial charge in [-0.15, -0.1) is 0 Å². The second kappa shape index (κ2) is 10.2. The van der Waals surface area contributed by atoms with Gasteiger partial charge in [-0.1, -0.05) is 53.7 Å². The largest absolute Gasteiger partial charge is 0.491 e. The smallest absolute Gasteiger partial charge is 0.233 e. The summed E-state index contributed by atoms with van der Waals surface area (Å²) >= 11 is 7.01. The molecule has 5 nitrogen and oxygen atoms in total. The third kappa shape index (κ3) is 5.76. The molecular weight excluding hydrogens is 374 g/mol. The Kier molecular flexibility index (Phi) is 7.97. The van der Waals surface area contributed by atoms with E-state index < -0.39 is 11.4 Å². The molecule has 0 spiro atoms. The Balaban J connectivity index is 1.93. The molecule has 2 aromatic carbocycles. The van der Waals surface area contributed by atoms with Gasteiger partial charge in [0.1, 0.15) is 18.5 Å². The van der Waals surface area contributed by atoms with Gasteiger partial charge < -0.3 is 15.2 Å². The zero-order valence-electron chi connectivity index (χ0n) is 14.2. The van der Waals surface area contributed by atoms with Crippen molar-refractivity contribution in [2.75, 3.05) is 13.7 Å². The van der Waals surface area contributed by atoms with Gasteiger partial charge in [0.05, 0.1) is 5.25 Å². The number of carbonyl (C=O) groups excluding carboxylic acids is 2. The number of hydrogen-bond acceptors (Lipinski definition) is 5. The minimum absolute atomic E-state index is 0.0743. The summed E-state index contributed by atoms with van der Waals surface area (Å²) in [4.78, 5) is 22.5. The minimum atomic E-state index is -0.829. The molecule has 2 rings (SSSR count). The Morgan fingerprint density at radius 2 is 1.96 bits per heavy atom. The van der Waals surface area contributed by atoms with Crippen molar-refractivity contribution in [3.63, 3.8) is 0 Å². The van der Waals surface area contributed by atoms with Gasteiger partial charge in [0.2, 0.25) is 5.91 Å². The van der Waals surface area contributed by atoms with Crippen LogP contribution in [0.25, 0.3) is 0 Å². The Hall–Kier alpha value is -2.02. The van der Waals surface area contributed by atoms with Crippen LogP contribution in [-0.2, 0) is 16.0 Å². The molecular formula is C19H20ClNO4S. The average Bonchev–Trinajstić information content (AvgIpc) is 2.66. The fourth-order valence-corrected chi connectivity index (χ4v) is 3.30. The maximum Gasteiger partial charge on any atom is 0.233 e. The Bertz CT molecular complexity index is 739. The van der Waals surface area contributed by atoms with Gasteiger partial charge in [-0.2, -0.15) is 0 Å². The van der Waals surface area contributed by atoms with Crippen LogP contribution in [0.3, 0.4) is 0 Å². The molecule has 2 atom stereocenters. The molecule has 2 unspecified atom stereocenters. The first-order chi connectivity index (χ1) is 12.5. The van der Waals surface area contributed by atoms with Gasteiger partial charge in [0, 0.05) is 17.6 Å². The van der Waals surface area contributed by atoms with Crippen LogP contribution >= 0.6 is 23.4 Å². The second-order valence-corrected chi connectivity index (χ2v) is 6.97. The first-order valence-corrected chi connectivity index (χ1v) is 9.32. The maximum atomic E-state index is 11.8. The highest BCUT2D eigenvalue weighted by Crippen LogP contribution is 2.24. The van der Waals surface area contributed by atoms with Crippen LogP contribution in [-0.4, -0.2) is 35.5 Å². The first kappa shape index (κ1) is 20.3. The number of nitrogens with one attached hydrogen (secondary N) is 1. The van der Waals surface area contributed by atoms with Crippen molar-refractivity contribution < 1.29 is 19.4 Å². The number of halogens is 1. The fraction of sp³-hybridized carbons (Fsp3) is 0.263. The molecule has 1 amide bonds. The monoisotopic (exact) mass is 393 g/mol. The number of amides is 1. The van der Waals surface area contributed by atoms with Gasteiger partial charge in [0.15, 0.2) is 5.62 Å². The summed E-state index contributed by atoms with van der Waals surface area (Å²) in [6.07, 6.45) is -0.393. The van der Waals surface area contributed by atoms with Crippen molar-refractivity contribution in [3.8, 4) is 5.75 Å². The van der Waals surface area contributed by atoms with Crippen LogP contribution in [0, 0.1) is 0 Å². The molecule has 2 aromatic rings. The molecule has 138 valence electrons. The minimum Gasteiger partial charge on any atom is -0.491 e. The zero-order valence-corrected chi connectivity index (χ0v) is 15.8. The van der Waals surface area contributed by atoms with Crippen molar-refractivity contribution in [1.82, 2.24) is 5.32 Å². The third-order valence-electron chi connectivity index (χ3n) is 3.78. The molecule has 0 aromatic heterocycles. The van der Waals surface area contributed by atoms with Crippen molar-refractivity contribution >= 4 is 34.9 Å². The quantitative estimate of drug-likeness (QED) is 0.640. The van der Waals surface area contributed by atoms with Crippen molar-refractivity contribution in [1.29, 1.82) is 0 Å². The van der Waals surface area contributed by atoms with Crippen molar-refractivity contribution in [3.05, 3.63) is 64.7 Å². The number of aliphatic hydroxyl groups excluding tert-OH is 1. The van der Waals surface area contributed by atoms with Crippen LogP contribution in [0.15, 0.2) is 48.5 Å². The van der Waals surface area contributed by atoms with Crippen LogP contribution in [0.5, 0.6) is 5.75 Å². The highest BCUT2D eigenvalue weighted by Gasteiger charge is 2.18. The van der Waals surface area contributed by atoms with Gasteiger partial charge in [-0.3, -0.25) is 9.59 Å². The van der Waals surface area contributed by atoms with Gasteiger partial charge >= 0.3 is 0 Å². The van der Waals surface area contributed by atoms with Crippen LogP contribution < -0.4 is 10.1 Å². The fourth-order valence-electron chi connectivity index (χ4n) is 2.38. The standard InChI is InChI=1S/C19H20ClNO4S/c1-21-19(24)18(26-12-22)10-13-6-8-14(9-7-13)25-11-17(23)15-4-2-3-5-16(15)20/h2-9,12,17-18,23H,10-11H2,1H3,(H,21,24). The molecule has 0 saturated carbocycles. The summed E-state index contributed by atoms with van der Waals surface area (Å²) in [7, 11) is 1.54. The van der Waals surface area contributed by atoms with E-state index in [2.05, 4.69) is 5.32 Å². The molecule has 0 heterocycles. The van der Waals surface area contributed by atoms with E-state index in [0.29, 0.717) is 28.4 Å². The molecule has 0 saturated heterocycles. The number of benzene rings is 2. The van der Waals surface area contributed by atoms with E-state index in [9.17, 15) is 14.7 Å². The van der Waals surface area contributed by atoms with Crippen LogP contribution in [0.2, 0.25) is 5.02 Å². The maximum absolute atomic E-state index is 11.8. The lowest BCUT2D eigenvalue weighted by atomic mass is 10.1. The van der Waals surface area contributed by atoms with E-state index in [1.165, 1.54) is 0 Å². The first-order valence-electron chi connectivity index (χ1n) is 8.00. The average molecular weight is 394 g/mol. The van der Waals surface area contributed by atoms with Crippen molar-refractivity contribution in [2.24, 2.45) is 0 Å². The van der Waals surface area contributed by atoms with Gasteiger partial charge in [0.25, 0.3) is 0 Å². The van der Waals surface area contributed by atoms with E-state index in [0.717, 1.165) is 17.3 Å². The Labute approximate surface area is 161 Å². The number of thioether (sulfide) groups is 1. The zero-order chi connectivity index (χ0) is 18.9. The lowest BCUT2D eigenvalue weighted by Crippen LogP contribution is -2.31. The summed E-state index contributed by atoms with van der Waals surface area (Å²) < 4.78 is 5.60. The molecule has 2 N–H and O–H groups in total. The number of ether oxygens (including phenoxy) is 1. The molecule has 0 fully saturated rings. The van der Waals surface area contributed by atoms with Gasteiger partial charge in [-0.05, 0) is 30.2 Å². The lowest BCUT2D eigenvalue weighted by Gasteiger charge is -2.15. The van der Waals surface area contributed by atoms with E-state index in [1.54, 1.807) is 43.4 Å². The Morgan fingerprint density at radius 3 is 2.58 bits per heavy atom. The van der Waals surface area contributed by atoms with Crippen LogP contribution in [0.1, 0.15) is 17.2 Å². The van der Waals surface area contributed by atoms with Crippen LogP contribution in [0.4, 0.5) is 0 Å². The molecule has 0 bridgehead atoms. The predicted octanol–water partition coefficient (Wildman–Crippen LogP) is 3.03. The van der Waals surface area contributed by atoms with Gasteiger partial charge in [-0.25, -0.2) is 0 Å². The summed E-state index contributed by atoms with van der Waals surface area (Å²) in [5, 5.41) is 12.8. The molecule has 0 aliphatic rings. The second-order valence-electron chi connectivity index (χ2n) is 5.53. The number of hydrogen-bond donors (Lipinski definition) is 2. The van der Waals surface area contributed by atoms with E-state index >= 15 is 0 Å². The normalized spacial score (nSPS) is 12.9. The number of aliphatic hydroxyl groups is 1. The summed E-state index contributed by atoms with van der Waals surface area (Å²) in [6, 6.07) is 14.3. The summed E-state index contributed by atoms with van der Waals surface area (Å²) in [5.41, 5.74) is 2.20. The molecule has 0 radical (unpaired) electrons. The molecule has 7 heteroatoms. The van der Waals surface area contributed by atoms with Crippen molar-refractivity contribution in [2.45, 2.75) is 17.8 Å². The highest BCUT2D eigenvalue weighted by molar-refractivity contribution is 8.13. The summed E-state index contributed by atoms with van der Waals surface area (Å²) in [6.45, 7) is 0.0743. The number of rotatable bonds is 9. The molecule has 26 heavy (non-hydrogen) atoms. The molecule has 0 aliphatic heterocycles. The highest BCUT2D eigenvalue weighted by atomic mass is 35.5. The predicted molar refractivity (Wildman–Crippen MR) is 104 cm³/mol.